The minimum atomic E-state index is -0.339. The quantitative estimate of drug-likeness (QED) is 0.718. The van der Waals surface area contributed by atoms with Gasteiger partial charge in [-0.15, -0.1) is 0 Å². The molecule has 0 fully saturated rings. The number of rotatable bonds is 4. The normalized spacial score (nSPS) is 11.8. The molecule has 0 spiro atoms. The average Bonchev–Trinajstić information content (AvgIpc) is 2.66. The SMILES string of the molecule is CC(NC(=O)Cn1cc(C#N)c(=O)c2ccccc21)c1ccc(Cl)c(Cl)c1. The molecule has 136 valence electrons. The predicted molar refractivity (Wildman–Crippen MR) is 106 cm³/mol. The Hall–Kier alpha value is -2.81. The third-order valence-corrected chi connectivity index (χ3v) is 4.98. The van der Waals surface area contributed by atoms with E-state index in [0.29, 0.717) is 20.9 Å². The van der Waals surface area contributed by atoms with E-state index >= 15 is 0 Å². The minimum Gasteiger partial charge on any atom is -0.348 e. The van der Waals surface area contributed by atoms with Crippen LogP contribution in [0.4, 0.5) is 0 Å². The Morgan fingerprint density at radius 3 is 2.67 bits per heavy atom. The molecule has 3 aromatic rings. The van der Waals surface area contributed by atoms with Crippen LogP contribution in [0.5, 0.6) is 0 Å². The predicted octanol–water partition coefficient (Wildman–Crippen LogP) is 4.06. The number of nitrogens with one attached hydrogen (secondary N) is 1. The molecule has 7 heteroatoms. The van der Waals surface area contributed by atoms with Gasteiger partial charge in [-0.05, 0) is 36.8 Å². The van der Waals surface area contributed by atoms with Crippen molar-refractivity contribution in [1.29, 1.82) is 5.26 Å². The van der Waals surface area contributed by atoms with Gasteiger partial charge >= 0.3 is 0 Å². The van der Waals surface area contributed by atoms with Crippen molar-refractivity contribution in [2.75, 3.05) is 0 Å². The average molecular weight is 400 g/mol. The van der Waals surface area contributed by atoms with Gasteiger partial charge in [-0.25, -0.2) is 0 Å². The van der Waals surface area contributed by atoms with Crippen molar-refractivity contribution in [1.82, 2.24) is 9.88 Å². The highest BCUT2D eigenvalue weighted by Gasteiger charge is 2.14. The lowest BCUT2D eigenvalue weighted by Crippen LogP contribution is -2.30. The lowest BCUT2D eigenvalue weighted by atomic mass is 10.1. The van der Waals surface area contributed by atoms with E-state index in [9.17, 15) is 14.9 Å². The Bertz CT molecular complexity index is 1130. The second-order valence-corrected chi connectivity index (χ2v) is 6.91. The molecule has 2 aromatic carbocycles. The van der Waals surface area contributed by atoms with E-state index in [2.05, 4.69) is 5.32 Å². The summed E-state index contributed by atoms with van der Waals surface area (Å²) in [6, 6.07) is 13.7. The molecule has 5 nitrogen and oxygen atoms in total. The van der Waals surface area contributed by atoms with Crippen molar-refractivity contribution < 1.29 is 4.79 Å². The number of pyridine rings is 1. The summed E-state index contributed by atoms with van der Waals surface area (Å²) in [5, 5.41) is 13.3. The lowest BCUT2D eigenvalue weighted by Gasteiger charge is -2.17. The lowest BCUT2D eigenvalue weighted by molar-refractivity contribution is -0.122. The van der Waals surface area contributed by atoms with Gasteiger partial charge in [-0.3, -0.25) is 9.59 Å². The van der Waals surface area contributed by atoms with E-state index in [1.54, 1.807) is 47.0 Å². The van der Waals surface area contributed by atoms with Crippen LogP contribution in [-0.4, -0.2) is 10.5 Å². The fraction of sp³-hybridized carbons (Fsp3) is 0.150. The zero-order chi connectivity index (χ0) is 19.6. The Kier molecular flexibility index (Phi) is 5.50. The van der Waals surface area contributed by atoms with Gasteiger partial charge in [0.15, 0.2) is 0 Å². The van der Waals surface area contributed by atoms with Crippen LogP contribution in [0.1, 0.15) is 24.1 Å². The number of halogens is 2. The van der Waals surface area contributed by atoms with Crippen LogP contribution in [-0.2, 0) is 11.3 Å². The molecule has 0 saturated carbocycles. The maximum absolute atomic E-state index is 12.5. The summed E-state index contributed by atoms with van der Waals surface area (Å²) in [6.07, 6.45) is 1.41. The second-order valence-electron chi connectivity index (χ2n) is 6.09. The highest BCUT2D eigenvalue weighted by molar-refractivity contribution is 6.42. The first kappa shape index (κ1) is 19.0. The van der Waals surface area contributed by atoms with E-state index < -0.39 is 0 Å². The van der Waals surface area contributed by atoms with Crippen LogP contribution >= 0.6 is 23.2 Å². The maximum atomic E-state index is 12.5. The zero-order valence-electron chi connectivity index (χ0n) is 14.4. The topological polar surface area (TPSA) is 74.9 Å². The molecule has 0 saturated heterocycles. The number of fused-ring (bicyclic) bond motifs is 1. The number of amides is 1. The van der Waals surface area contributed by atoms with Gasteiger partial charge < -0.3 is 9.88 Å². The Morgan fingerprint density at radius 2 is 1.96 bits per heavy atom. The molecule has 3 rings (SSSR count). The molecule has 27 heavy (non-hydrogen) atoms. The summed E-state index contributed by atoms with van der Waals surface area (Å²) in [4.78, 5) is 24.8. The standard InChI is InChI=1S/C20H15Cl2N3O2/c1-12(13-6-7-16(21)17(22)8-13)24-19(26)11-25-10-14(9-23)20(27)15-4-2-3-5-18(15)25/h2-8,10,12H,11H2,1H3,(H,24,26). The molecule has 0 radical (unpaired) electrons. The van der Waals surface area contributed by atoms with Crippen molar-refractivity contribution in [2.45, 2.75) is 19.5 Å². The maximum Gasteiger partial charge on any atom is 0.240 e. The van der Waals surface area contributed by atoms with Gasteiger partial charge in [0.25, 0.3) is 0 Å². The number of hydrogen-bond donors (Lipinski definition) is 1. The van der Waals surface area contributed by atoms with Gasteiger partial charge in [-0.2, -0.15) is 5.26 Å². The number of nitriles is 1. The number of para-hydroxylation sites is 1. The van der Waals surface area contributed by atoms with Gasteiger partial charge in [-0.1, -0.05) is 41.4 Å². The summed E-state index contributed by atoms with van der Waals surface area (Å²) in [5.74, 6) is -0.258. The molecule has 1 N–H and O–H groups in total. The first-order valence-electron chi connectivity index (χ1n) is 8.17. The molecular formula is C20H15Cl2N3O2. The second kappa shape index (κ2) is 7.83. The zero-order valence-corrected chi connectivity index (χ0v) is 15.9. The molecule has 1 atom stereocenters. The van der Waals surface area contributed by atoms with Crippen LogP contribution in [0.3, 0.4) is 0 Å². The van der Waals surface area contributed by atoms with Crippen molar-refractivity contribution in [2.24, 2.45) is 0 Å². The number of carbonyl (C=O) groups is 1. The summed E-state index contributed by atoms with van der Waals surface area (Å²) < 4.78 is 1.60. The Labute approximate surface area is 165 Å². The fourth-order valence-corrected chi connectivity index (χ4v) is 3.17. The number of hydrogen-bond acceptors (Lipinski definition) is 3. The molecule has 1 amide bonds. The van der Waals surface area contributed by atoms with E-state index in [4.69, 9.17) is 23.2 Å². The van der Waals surface area contributed by atoms with Crippen molar-refractivity contribution in [3.63, 3.8) is 0 Å². The molecule has 1 heterocycles. The smallest absolute Gasteiger partial charge is 0.240 e. The third-order valence-electron chi connectivity index (χ3n) is 4.24. The van der Waals surface area contributed by atoms with Crippen molar-refractivity contribution in [3.8, 4) is 6.07 Å². The summed E-state index contributed by atoms with van der Waals surface area (Å²) >= 11 is 11.9. The summed E-state index contributed by atoms with van der Waals surface area (Å²) in [7, 11) is 0. The molecule has 0 aliphatic heterocycles. The summed E-state index contributed by atoms with van der Waals surface area (Å²) in [5.41, 5.74) is 1.08. The Balaban J connectivity index is 1.86. The summed E-state index contributed by atoms with van der Waals surface area (Å²) in [6.45, 7) is 1.81. The van der Waals surface area contributed by atoms with Gasteiger partial charge in [0.05, 0.1) is 21.6 Å². The van der Waals surface area contributed by atoms with Crippen LogP contribution in [0.25, 0.3) is 10.9 Å². The monoisotopic (exact) mass is 399 g/mol. The molecule has 1 unspecified atom stereocenters. The van der Waals surface area contributed by atoms with Crippen LogP contribution in [0, 0.1) is 11.3 Å². The highest BCUT2D eigenvalue weighted by Crippen LogP contribution is 2.25. The first-order valence-corrected chi connectivity index (χ1v) is 8.93. The molecular weight excluding hydrogens is 385 g/mol. The van der Waals surface area contributed by atoms with E-state index in [1.807, 2.05) is 13.0 Å². The molecule has 0 aliphatic rings. The molecule has 0 aliphatic carbocycles. The highest BCUT2D eigenvalue weighted by atomic mass is 35.5. The van der Waals surface area contributed by atoms with Crippen LogP contribution in [0.2, 0.25) is 10.0 Å². The van der Waals surface area contributed by atoms with E-state index in [0.717, 1.165) is 5.56 Å². The Morgan fingerprint density at radius 1 is 1.22 bits per heavy atom. The molecule has 1 aromatic heterocycles. The largest absolute Gasteiger partial charge is 0.348 e. The van der Waals surface area contributed by atoms with E-state index in [-0.39, 0.29) is 29.5 Å². The number of nitrogens with zero attached hydrogens (tertiary/aromatic N) is 2. The number of carbonyl (C=O) groups excluding carboxylic acids is 1. The van der Waals surface area contributed by atoms with Crippen molar-refractivity contribution >= 4 is 40.0 Å². The van der Waals surface area contributed by atoms with Crippen LogP contribution in [0.15, 0.2) is 53.5 Å². The van der Waals surface area contributed by atoms with Gasteiger partial charge in [0.2, 0.25) is 11.3 Å². The third kappa shape index (κ3) is 3.97. The molecule has 0 bridgehead atoms. The number of benzene rings is 2. The van der Waals surface area contributed by atoms with E-state index in [1.165, 1.54) is 6.20 Å². The minimum absolute atomic E-state index is 0.000897. The first-order chi connectivity index (χ1) is 12.9. The van der Waals surface area contributed by atoms with Gasteiger partial charge in [0.1, 0.15) is 18.2 Å². The van der Waals surface area contributed by atoms with Crippen LogP contribution < -0.4 is 10.7 Å². The van der Waals surface area contributed by atoms with Gasteiger partial charge in [0, 0.05) is 11.6 Å². The fourth-order valence-electron chi connectivity index (χ4n) is 2.86. The van der Waals surface area contributed by atoms with Crippen molar-refractivity contribution in [3.05, 3.63) is 80.1 Å². The number of aromatic nitrogens is 1.